The first kappa shape index (κ1) is 17.9. The van der Waals surface area contributed by atoms with Crippen molar-refractivity contribution in [1.29, 1.82) is 0 Å². The highest BCUT2D eigenvalue weighted by atomic mass is 16.5. The van der Waals surface area contributed by atoms with Crippen LogP contribution < -0.4 is 10.6 Å². The maximum absolute atomic E-state index is 12.7. The molecule has 9 heteroatoms. The summed E-state index contributed by atoms with van der Waals surface area (Å²) in [7, 11) is 0. The largest absolute Gasteiger partial charge is 0.360 e. The maximum atomic E-state index is 12.7. The zero-order valence-corrected chi connectivity index (χ0v) is 15.4. The molecule has 144 valence electrons. The molecule has 0 spiro atoms. The third-order valence-electron chi connectivity index (χ3n) is 4.61. The number of rotatable bonds is 5. The summed E-state index contributed by atoms with van der Waals surface area (Å²) in [6.45, 7) is 2.77. The van der Waals surface area contributed by atoms with Gasteiger partial charge in [0.2, 0.25) is 0 Å². The Labute approximate surface area is 161 Å². The van der Waals surface area contributed by atoms with E-state index in [2.05, 4.69) is 25.8 Å². The van der Waals surface area contributed by atoms with Crippen LogP contribution in [-0.2, 0) is 19.5 Å². The first-order valence-electron chi connectivity index (χ1n) is 9.13. The van der Waals surface area contributed by atoms with Crippen LogP contribution in [0, 0.1) is 6.92 Å². The van der Waals surface area contributed by atoms with E-state index in [1.54, 1.807) is 25.4 Å². The van der Waals surface area contributed by atoms with E-state index >= 15 is 0 Å². The van der Waals surface area contributed by atoms with Crippen molar-refractivity contribution in [1.82, 2.24) is 25.0 Å². The van der Waals surface area contributed by atoms with Crippen molar-refractivity contribution >= 4 is 17.6 Å². The molecule has 1 aliphatic rings. The van der Waals surface area contributed by atoms with Crippen molar-refractivity contribution < 1.29 is 14.1 Å². The number of anilines is 1. The molecule has 3 aromatic rings. The van der Waals surface area contributed by atoms with Gasteiger partial charge in [0.25, 0.3) is 11.8 Å². The lowest BCUT2D eigenvalue weighted by molar-refractivity contribution is 0.0935. The van der Waals surface area contributed by atoms with Crippen LogP contribution in [0.1, 0.15) is 51.0 Å². The standard InChI is InChI=1S/C19H20N6O3/c1-12-10-15(24-28-12)22-18(26)16-14-4-2-3-9-25(14)17(23-16)19(27)21-11-13-5-7-20-8-6-13/h5-8,10H,2-4,9,11H2,1H3,(H,21,27)(H,22,24,26). The van der Waals surface area contributed by atoms with Gasteiger partial charge in [0, 0.05) is 31.5 Å². The maximum Gasteiger partial charge on any atom is 0.287 e. The van der Waals surface area contributed by atoms with Gasteiger partial charge < -0.3 is 19.7 Å². The number of fused-ring (bicyclic) bond motifs is 1. The quantitative estimate of drug-likeness (QED) is 0.700. The molecule has 2 N–H and O–H groups in total. The number of pyridine rings is 1. The first-order chi connectivity index (χ1) is 13.6. The van der Waals surface area contributed by atoms with Crippen molar-refractivity contribution in [3.05, 3.63) is 59.1 Å². The van der Waals surface area contributed by atoms with Gasteiger partial charge in [-0.15, -0.1) is 0 Å². The summed E-state index contributed by atoms with van der Waals surface area (Å²) < 4.78 is 6.81. The fraction of sp³-hybridized carbons (Fsp3) is 0.316. The molecule has 3 aromatic heterocycles. The third-order valence-corrected chi connectivity index (χ3v) is 4.61. The monoisotopic (exact) mass is 380 g/mol. The first-order valence-corrected chi connectivity index (χ1v) is 9.13. The summed E-state index contributed by atoms with van der Waals surface area (Å²) >= 11 is 0. The molecule has 0 fully saturated rings. The van der Waals surface area contributed by atoms with Gasteiger partial charge in [0.15, 0.2) is 17.3 Å². The second-order valence-electron chi connectivity index (χ2n) is 6.65. The number of aryl methyl sites for hydroxylation is 1. The number of carbonyl (C=O) groups is 2. The summed E-state index contributed by atoms with van der Waals surface area (Å²) in [5, 5.41) is 9.31. The molecule has 0 radical (unpaired) electrons. The van der Waals surface area contributed by atoms with Crippen LogP contribution in [0.5, 0.6) is 0 Å². The molecule has 28 heavy (non-hydrogen) atoms. The van der Waals surface area contributed by atoms with Crippen molar-refractivity contribution in [2.45, 2.75) is 39.3 Å². The fourth-order valence-electron chi connectivity index (χ4n) is 3.26. The molecule has 1 aliphatic heterocycles. The van der Waals surface area contributed by atoms with Crippen LogP contribution in [-0.4, -0.2) is 31.5 Å². The summed E-state index contributed by atoms with van der Waals surface area (Å²) in [5.74, 6) is 0.468. The van der Waals surface area contributed by atoms with Crippen LogP contribution in [0.4, 0.5) is 5.82 Å². The minimum atomic E-state index is -0.396. The number of hydrogen-bond acceptors (Lipinski definition) is 6. The van der Waals surface area contributed by atoms with E-state index in [1.807, 2.05) is 16.7 Å². The molecule has 4 rings (SSSR count). The molecule has 0 aromatic carbocycles. The molecule has 0 unspecified atom stereocenters. The number of amides is 2. The second-order valence-corrected chi connectivity index (χ2v) is 6.65. The minimum absolute atomic E-state index is 0.255. The number of nitrogens with zero attached hydrogens (tertiary/aromatic N) is 4. The lowest BCUT2D eigenvalue weighted by Gasteiger charge is -2.17. The van der Waals surface area contributed by atoms with Crippen molar-refractivity contribution in [3.63, 3.8) is 0 Å². The Hall–Kier alpha value is -3.49. The van der Waals surface area contributed by atoms with Crippen molar-refractivity contribution in [2.75, 3.05) is 5.32 Å². The van der Waals surface area contributed by atoms with Crippen LogP contribution in [0.15, 0.2) is 35.1 Å². The van der Waals surface area contributed by atoms with Crippen LogP contribution in [0.3, 0.4) is 0 Å². The average Bonchev–Trinajstić information content (AvgIpc) is 3.30. The predicted molar refractivity (Wildman–Crippen MR) is 99.8 cm³/mol. The topological polar surface area (TPSA) is 115 Å². The van der Waals surface area contributed by atoms with E-state index in [0.29, 0.717) is 31.1 Å². The van der Waals surface area contributed by atoms with Crippen LogP contribution in [0.2, 0.25) is 0 Å². The van der Waals surface area contributed by atoms with Gasteiger partial charge >= 0.3 is 0 Å². The van der Waals surface area contributed by atoms with Crippen molar-refractivity contribution in [3.8, 4) is 0 Å². The second kappa shape index (κ2) is 7.63. The van der Waals surface area contributed by atoms with Gasteiger partial charge in [0.1, 0.15) is 5.76 Å². The summed E-state index contributed by atoms with van der Waals surface area (Å²) in [4.78, 5) is 33.8. The zero-order chi connectivity index (χ0) is 19.5. The number of carbonyl (C=O) groups excluding carboxylic acids is 2. The molecule has 0 bridgehead atoms. The highest BCUT2D eigenvalue weighted by Gasteiger charge is 2.27. The van der Waals surface area contributed by atoms with Gasteiger partial charge in [0.05, 0.1) is 5.69 Å². The third kappa shape index (κ3) is 3.64. The minimum Gasteiger partial charge on any atom is -0.360 e. The Balaban J connectivity index is 1.56. The number of imidazole rings is 1. The van der Waals surface area contributed by atoms with Crippen molar-refractivity contribution in [2.24, 2.45) is 0 Å². The molecule has 9 nitrogen and oxygen atoms in total. The predicted octanol–water partition coefficient (Wildman–Crippen LogP) is 2.09. The normalized spacial score (nSPS) is 13.0. The summed E-state index contributed by atoms with van der Waals surface area (Å²) in [6, 6.07) is 5.29. The van der Waals surface area contributed by atoms with Crippen LogP contribution >= 0.6 is 0 Å². The molecular weight excluding hydrogens is 360 g/mol. The zero-order valence-electron chi connectivity index (χ0n) is 15.4. The number of nitrogens with one attached hydrogen (secondary N) is 2. The van der Waals surface area contributed by atoms with Gasteiger partial charge in [-0.1, -0.05) is 5.16 Å². The average molecular weight is 380 g/mol. The number of aromatic nitrogens is 4. The molecular formula is C19H20N6O3. The van der Waals surface area contributed by atoms with E-state index in [1.165, 1.54) is 0 Å². The van der Waals surface area contributed by atoms with E-state index in [0.717, 1.165) is 24.1 Å². The van der Waals surface area contributed by atoms with Gasteiger partial charge in [-0.05, 0) is 43.9 Å². The fourth-order valence-corrected chi connectivity index (χ4v) is 3.26. The Morgan fingerprint density at radius 3 is 2.79 bits per heavy atom. The van der Waals surface area contributed by atoms with Gasteiger partial charge in [-0.3, -0.25) is 14.6 Å². The Morgan fingerprint density at radius 2 is 2.04 bits per heavy atom. The Morgan fingerprint density at radius 1 is 1.21 bits per heavy atom. The number of hydrogen-bond donors (Lipinski definition) is 2. The molecule has 0 aliphatic carbocycles. The molecule has 2 amide bonds. The van der Waals surface area contributed by atoms with Crippen LogP contribution in [0.25, 0.3) is 0 Å². The lowest BCUT2D eigenvalue weighted by Crippen LogP contribution is -2.27. The smallest absolute Gasteiger partial charge is 0.287 e. The van der Waals surface area contributed by atoms with Gasteiger partial charge in [-0.2, -0.15) is 0 Å². The van der Waals surface area contributed by atoms with E-state index in [-0.39, 0.29) is 17.4 Å². The van der Waals surface area contributed by atoms with E-state index in [4.69, 9.17) is 4.52 Å². The Kier molecular flexibility index (Phi) is 4.88. The van der Waals surface area contributed by atoms with Gasteiger partial charge in [-0.25, -0.2) is 4.98 Å². The molecule has 0 saturated heterocycles. The molecule has 0 atom stereocenters. The Bertz CT molecular complexity index is 1010. The molecule has 0 saturated carbocycles. The SMILES string of the molecule is Cc1cc(NC(=O)c2nc(C(=O)NCc3ccncc3)n3c2CCCC3)no1. The molecule has 4 heterocycles. The highest BCUT2D eigenvalue weighted by molar-refractivity contribution is 6.04. The summed E-state index contributed by atoms with van der Waals surface area (Å²) in [6.07, 6.45) is 5.94. The van der Waals surface area contributed by atoms with E-state index in [9.17, 15) is 9.59 Å². The lowest BCUT2D eigenvalue weighted by atomic mass is 10.1. The van der Waals surface area contributed by atoms with E-state index < -0.39 is 5.91 Å². The highest BCUT2D eigenvalue weighted by Crippen LogP contribution is 2.22. The summed E-state index contributed by atoms with van der Waals surface area (Å²) in [5.41, 5.74) is 1.97.